The molecular weight excluding hydrogens is 244 g/mol. The Morgan fingerprint density at radius 1 is 1.32 bits per heavy atom. The molecule has 0 aromatic heterocycles. The molecule has 0 bridgehead atoms. The lowest BCUT2D eigenvalue weighted by Crippen LogP contribution is -2.42. The van der Waals surface area contributed by atoms with Crippen molar-refractivity contribution in [2.24, 2.45) is 5.73 Å². The van der Waals surface area contributed by atoms with E-state index in [0.29, 0.717) is 19.6 Å². The van der Waals surface area contributed by atoms with Crippen molar-refractivity contribution >= 4 is 5.97 Å². The molecule has 0 amide bonds. The van der Waals surface area contributed by atoms with Crippen LogP contribution in [-0.4, -0.2) is 48.3 Å². The van der Waals surface area contributed by atoms with Crippen LogP contribution in [-0.2, 0) is 9.53 Å². The third-order valence-electron chi connectivity index (χ3n) is 3.47. The first-order valence-electron chi connectivity index (χ1n) is 6.53. The molecule has 2 unspecified atom stereocenters. The SMILES string of the molecule is NC(CC(c1ccccc1)N1CCOCC1)C(=O)O. The summed E-state index contributed by atoms with van der Waals surface area (Å²) in [5.74, 6) is -0.950. The highest BCUT2D eigenvalue weighted by atomic mass is 16.5. The second kappa shape index (κ2) is 6.65. The van der Waals surface area contributed by atoms with Gasteiger partial charge in [0.1, 0.15) is 6.04 Å². The van der Waals surface area contributed by atoms with E-state index in [2.05, 4.69) is 4.90 Å². The Morgan fingerprint density at radius 2 is 1.95 bits per heavy atom. The van der Waals surface area contributed by atoms with Gasteiger partial charge in [0.2, 0.25) is 0 Å². The summed E-state index contributed by atoms with van der Waals surface area (Å²) in [7, 11) is 0. The van der Waals surface area contributed by atoms with Crippen molar-refractivity contribution < 1.29 is 14.6 Å². The second-order valence-corrected chi connectivity index (χ2v) is 4.76. The first kappa shape index (κ1) is 14.0. The molecule has 1 aromatic rings. The van der Waals surface area contributed by atoms with Crippen molar-refractivity contribution in [3.05, 3.63) is 35.9 Å². The van der Waals surface area contributed by atoms with Crippen molar-refractivity contribution in [2.45, 2.75) is 18.5 Å². The molecule has 1 aliphatic heterocycles. The van der Waals surface area contributed by atoms with E-state index in [-0.39, 0.29) is 6.04 Å². The standard InChI is InChI=1S/C14H20N2O3/c15-12(14(17)18)10-13(11-4-2-1-3-5-11)16-6-8-19-9-7-16/h1-5,12-13H,6-10,15H2,(H,17,18). The van der Waals surface area contributed by atoms with Crippen molar-refractivity contribution in [3.63, 3.8) is 0 Å². The number of carboxylic acids is 1. The number of hydrogen-bond acceptors (Lipinski definition) is 4. The average Bonchev–Trinajstić information content (AvgIpc) is 2.46. The largest absolute Gasteiger partial charge is 0.480 e. The molecule has 19 heavy (non-hydrogen) atoms. The number of ether oxygens (including phenoxy) is 1. The summed E-state index contributed by atoms with van der Waals surface area (Å²) in [6.07, 6.45) is 0.416. The fourth-order valence-electron chi connectivity index (χ4n) is 2.40. The Bertz CT molecular complexity index is 404. The van der Waals surface area contributed by atoms with Gasteiger partial charge in [0.25, 0.3) is 0 Å². The van der Waals surface area contributed by atoms with E-state index < -0.39 is 12.0 Å². The molecule has 1 fully saturated rings. The van der Waals surface area contributed by atoms with E-state index in [1.807, 2.05) is 30.3 Å². The maximum absolute atomic E-state index is 11.0. The van der Waals surface area contributed by atoms with Crippen LogP contribution in [0.4, 0.5) is 0 Å². The van der Waals surface area contributed by atoms with Crippen LogP contribution in [0.5, 0.6) is 0 Å². The Morgan fingerprint density at radius 3 is 2.53 bits per heavy atom. The number of rotatable bonds is 5. The molecule has 1 aliphatic rings. The van der Waals surface area contributed by atoms with Crippen LogP contribution in [0.1, 0.15) is 18.0 Å². The summed E-state index contributed by atoms with van der Waals surface area (Å²) in [4.78, 5) is 13.2. The number of aliphatic carboxylic acids is 1. The zero-order valence-electron chi connectivity index (χ0n) is 10.9. The van der Waals surface area contributed by atoms with Crippen LogP contribution >= 0.6 is 0 Å². The van der Waals surface area contributed by atoms with Gasteiger partial charge in [0, 0.05) is 19.1 Å². The van der Waals surface area contributed by atoms with Gasteiger partial charge in [0.05, 0.1) is 13.2 Å². The first-order chi connectivity index (χ1) is 9.18. The molecule has 0 spiro atoms. The molecule has 1 aromatic carbocycles. The normalized spacial score (nSPS) is 19.8. The topological polar surface area (TPSA) is 75.8 Å². The van der Waals surface area contributed by atoms with E-state index >= 15 is 0 Å². The predicted octanol–water partition coefficient (Wildman–Crippen LogP) is 0.862. The van der Waals surface area contributed by atoms with E-state index in [1.54, 1.807) is 0 Å². The number of carbonyl (C=O) groups is 1. The molecule has 3 N–H and O–H groups in total. The minimum Gasteiger partial charge on any atom is -0.480 e. The Balaban J connectivity index is 2.15. The number of carboxylic acid groups (broad SMARTS) is 1. The molecule has 0 aliphatic carbocycles. The van der Waals surface area contributed by atoms with E-state index in [0.717, 1.165) is 18.7 Å². The predicted molar refractivity (Wildman–Crippen MR) is 71.8 cm³/mol. The molecule has 104 valence electrons. The van der Waals surface area contributed by atoms with Gasteiger partial charge in [-0.1, -0.05) is 30.3 Å². The average molecular weight is 264 g/mol. The fourth-order valence-corrected chi connectivity index (χ4v) is 2.40. The van der Waals surface area contributed by atoms with Gasteiger partial charge in [-0.3, -0.25) is 9.69 Å². The van der Waals surface area contributed by atoms with Gasteiger partial charge in [-0.05, 0) is 12.0 Å². The van der Waals surface area contributed by atoms with Gasteiger partial charge >= 0.3 is 5.97 Å². The number of hydrogen-bond donors (Lipinski definition) is 2. The number of benzene rings is 1. The molecule has 0 radical (unpaired) electrons. The third-order valence-corrected chi connectivity index (χ3v) is 3.47. The van der Waals surface area contributed by atoms with E-state index in [4.69, 9.17) is 15.6 Å². The summed E-state index contributed by atoms with van der Waals surface area (Å²) in [5, 5.41) is 9.01. The minimum atomic E-state index is -0.950. The lowest BCUT2D eigenvalue weighted by molar-refractivity contribution is -0.139. The quantitative estimate of drug-likeness (QED) is 0.825. The van der Waals surface area contributed by atoms with Crippen molar-refractivity contribution in [3.8, 4) is 0 Å². The van der Waals surface area contributed by atoms with Crippen molar-refractivity contribution in [2.75, 3.05) is 26.3 Å². The zero-order valence-corrected chi connectivity index (χ0v) is 10.9. The summed E-state index contributed by atoms with van der Waals surface area (Å²) < 4.78 is 5.35. The van der Waals surface area contributed by atoms with Crippen LogP contribution in [0.15, 0.2) is 30.3 Å². The minimum absolute atomic E-state index is 0.0381. The van der Waals surface area contributed by atoms with Crippen LogP contribution in [0.2, 0.25) is 0 Å². The van der Waals surface area contributed by atoms with Gasteiger partial charge in [-0.2, -0.15) is 0 Å². The monoisotopic (exact) mass is 264 g/mol. The van der Waals surface area contributed by atoms with Gasteiger partial charge in [-0.15, -0.1) is 0 Å². The lowest BCUT2D eigenvalue weighted by Gasteiger charge is -2.35. The summed E-state index contributed by atoms with van der Waals surface area (Å²) in [6.45, 7) is 3.00. The molecule has 1 saturated heterocycles. The maximum Gasteiger partial charge on any atom is 0.320 e. The molecule has 1 heterocycles. The molecule has 0 saturated carbocycles. The molecule has 5 heteroatoms. The Hall–Kier alpha value is -1.43. The van der Waals surface area contributed by atoms with Gasteiger partial charge in [0.15, 0.2) is 0 Å². The maximum atomic E-state index is 11.0. The highest BCUT2D eigenvalue weighted by Crippen LogP contribution is 2.26. The number of nitrogens with two attached hydrogens (primary N) is 1. The zero-order chi connectivity index (χ0) is 13.7. The smallest absolute Gasteiger partial charge is 0.320 e. The fraction of sp³-hybridized carbons (Fsp3) is 0.500. The van der Waals surface area contributed by atoms with Crippen LogP contribution < -0.4 is 5.73 Å². The Labute approximate surface area is 113 Å². The highest BCUT2D eigenvalue weighted by molar-refractivity contribution is 5.73. The summed E-state index contributed by atoms with van der Waals surface area (Å²) >= 11 is 0. The molecule has 2 rings (SSSR count). The van der Waals surface area contributed by atoms with Crippen LogP contribution in [0.25, 0.3) is 0 Å². The first-order valence-corrected chi connectivity index (χ1v) is 6.53. The molecule has 2 atom stereocenters. The van der Waals surface area contributed by atoms with Crippen LogP contribution in [0.3, 0.4) is 0 Å². The summed E-state index contributed by atoms with van der Waals surface area (Å²) in [5.41, 5.74) is 6.82. The summed E-state index contributed by atoms with van der Waals surface area (Å²) in [6, 6.07) is 9.13. The van der Waals surface area contributed by atoms with Crippen LogP contribution in [0, 0.1) is 0 Å². The van der Waals surface area contributed by atoms with Gasteiger partial charge < -0.3 is 15.6 Å². The molecular formula is C14H20N2O3. The third kappa shape index (κ3) is 3.76. The van der Waals surface area contributed by atoms with Gasteiger partial charge in [-0.25, -0.2) is 0 Å². The number of nitrogens with zero attached hydrogens (tertiary/aromatic N) is 1. The number of morpholine rings is 1. The lowest BCUT2D eigenvalue weighted by atomic mass is 9.97. The second-order valence-electron chi connectivity index (χ2n) is 4.76. The van der Waals surface area contributed by atoms with Crippen molar-refractivity contribution in [1.29, 1.82) is 0 Å². The molecule has 5 nitrogen and oxygen atoms in total. The van der Waals surface area contributed by atoms with Crippen molar-refractivity contribution in [1.82, 2.24) is 4.90 Å². The van der Waals surface area contributed by atoms with E-state index in [1.165, 1.54) is 0 Å². The highest BCUT2D eigenvalue weighted by Gasteiger charge is 2.26. The van der Waals surface area contributed by atoms with E-state index in [9.17, 15) is 4.79 Å². The Kier molecular flexibility index (Phi) is 4.90.